The first-order chi connectivity index (χ1) is 13.8. The maximum Gasteiger partial charge on any atom is 0.342 e. The number of fused-ring (bicyclic) bond motifs is 1. The van der Waals surface area contributed by atoms with Crippen molar-refractivity contribution in [3.05, 3.63) is 47.7 Å². The molecular formula is C20H21NO7S. The van der Waals surface area contributed by atoms with Gasteiger partial charge in [-0.2, -0.15) is 0 Å². The van der Waals surface area contributed by atoms with Gasteiger partial charge < -0.3 is 18.6 Å². The van der Waals surface area contributed by atoms with Crippen LogP contribution in [0, 0.1) is 6.92 Å². The van der Waals surface area contributed by atoms with Crippen LogP contribution in [0.15, 0.2) is 45.7 Å². The number of methoxy groups -OCH3 is 2. The number of carbonyl (C=O) groups is 1. The van der Waals surface area contributed by atoms with Crippen molar-refractivity contribution in [2.24, 2.45) is 0 Å². The molecule has 0 unspecified atom stereocenters. The van der Waals surface area contributed by atoms with Gasteiger partial charge in [-0.25, -0.2) is 13.2 Å². The zero-order valence-electron chi connectivity index (χ0n) is 16.4. The second-order valence-corrected chi connectivity index (χ2v) is 7.74. The van der Waals surface area contributed by atoms with Gasteiger partial charge in [-0.3, -0.25) is 4.72 Å². The van der Waals surface area contributed by atoms with Crippen molar-refractivity contribution >= 4 is 32.6 Å². The summed E-state index contributed by atoms with van der Waals surface area (Å²) < 4.78 is 49.3. The molecule has 0 aliphatic heterocycles. The van der Waals surface area contributed by atoms with Crippen LogP contribution < -0.4 is 14.2 Å². The number of esters is 1. The summed E-state index contributed by atoms with van der Waals surface area (Å²) in [6.45, 7) is 3.57. The number of aryl methyl sites for hydroxylation is 1. The third kappa shape index (κ3) is 4.00. The molecule has 2 aromatic carbocycles. The Hall–Kier alpha value is -3.20. The highest BCUT2D eigenvalue weighted by atomic mass is 32.2. The van der Waals surface area contributed by atoms with Gasteiger partial charge in [-0.1, -0.05) is 0 Å². The number of rotatable bonds is 7. The fraction of sp³-hybridized carbons (Fsp3) is 0.250. The lowest BCUT2D eigenvalue weighted by Crippen LogP contribution is -2.14. The van der Waals surface area contributed by atoms with Gasteiger partial charge in [-0.15, -0.1) is 0 Å². The summed E-state index contributed by atoms with van der Waals surface area (Å²) in [4.78, 5) is 12.2. The van der Waals surface area contributed by atoms with E-state index in [2.05, 4.69) is 4.72 Å². The highest BCUT2D eigenvalue weighted by molar-refractivity contribution is 7.92. The average molecular weight is 419 g/mol. The second-order valence-electron chi connectivity index (χ2n) is 6.09. The number of furan rings is 1. The average Bonchev–Trinajstić information content (AvgIpc) is 3.02. The predicted molar refractivity (Wildman–Crippen MR) is 107 cm³/mol. The van der Waals surface area contributed by atoms with E-state index in [-0.39, 0.29) is 28.5 Å². The van der Waals surface area contributed by atoms with Crippen molar-refractivity contribution in [1.82, 2.24) is 0 Å². The standard InChI is InChI=1S/C20H21NO7S/c1-5-27-20(22)19-12(2)28-16-8-6-13(10-15(16)19)21-29(23,24)18-11-14(25-3)7-9-17(18)26-4/h6-11,21H,5H2,1-4H3. The zero-order chi connectivity index (χ0) is 21.2. The lowest BCUT2D eigenvalue weighted by atomic mass is 10.1. The number of carbonyl (C=O) groups excluding carboxylic acids is 1. The van der Waals surface area contributed by atoms with E-state index in [1.807, 2.05) is 0 Å². The van der Waals surface area contributed by atoms with Crippen LogP contribution in [-0.4, -0.2) is 35.2 Å². The van der Waals surface area contributed by atoms with E-state index < -0.39 is 16.0 Å². The minimum absolute atomic E-state index is 0.0755. The van der Waals surface area contributed by atoms with Crippen LogP contribution in [0.3, 0.4) is 0 Å². The van der Waals surface area contributed by atoms with Crippen LogP contribution in [0.1, 0.15) is 23.0 Å². The Morgan fingerprint density at radius 2 is 1.86 bits per heavy atom. The van der Waals surface area contributed by atoms with E-state index in [0.29, 0.717) is 22.5 Å². The van der Waals surface area contributed by atoms with Crippen LogP contribution in [-0.2, 0) is 14.8 Å². The maximum atomic E-state index is 13.0. The largest absolute Gasteiger partial charge is 0.497 e. The SMILES string of the molecule is CCOC(=O)c1c(C)oc2ccc(NS(=O)(=O)c3cc(OC)ccc3OC)cc12. The molecule has 3 aromatic rings. The fourth-order valence-electron chi connectivity index (χ4n) is 2.94. The lowest BCUT2D eigenvalue weighted by Gasteiger charge is -2.13. The van der Waals surface area contributed by atoms with E-state index in [1.165, 1.54) is 32.4 Å². The van der Waals surface area contributed by atoms with Crippen molar-refractivity contribution in [2.45, 2.75) is 18.7 Å². The molecule has 8 nitrogen and oxygen atoms in total. The second kappa shape index (κ2) is 8.04. The molecule has 3 rings (SSSR count). The van der Waals surface area contributed by atoms with Crippen LogP contribution in [0.4, 0.5) is 5.69 Å². The summed E-state index contributed by atoms with van der Waals surface area (Å²) in [5, 5.41) is 0.457. The maximum absolute atomic E-state index is 13.0. The number of ether oxygens (including phenoxy) is 3. The number of anilines is 1. The van der Waals surface area contributed by atoms with E-state index in [0.717, 1.165) is 0 Å². The van der Waals surface area contributed by atoms with Crippen molar-refractivity contribution in [2.75, 3.05) is 25.5 Å². The summed E-state index contributed by atoms with van der Waals surface area (Å²) in [5.74, 6) is 0.411. The number of benzene rings is 2. The first-order valence-corrected chi connectivity index (χ1v) is 10.2. The quantitative estimate of drug-likeness (QED) is 0.582. The predicted octanol–water partition coefficient (Wildman–Crippen LogP) is 3.74. The summed E-state index contributed by atoms with van der Waals surface area (Å²) in [6, 6.07) is 9.14. The number of hydrogen-bond acceptors (Lipinski definition) is 7. The van der Waals surface area contributed by atoms with Crippen LogP contribution in [0.25, 0.3) is 11.0 Å². The molecule has 0 saturated carbocycles. The Bertz CT molecular complexity index is 1170. The number of sulfonamides is 1. The van der Waals surface area contributed by atoms with Gasteiger partial charge in [0.05, 0.1) is 20.8 Å². The first-order valence-electron chi connectivity index (χ1n) is 8.75. The minimum atomic E-state index is -4.00. The molecule has 0 atom stereocenters. The van der Waals surface area contributed by atoms with Gasteiger partial charge in [0.15, 0.2) is 0 Å². The third-order valence-electron chi connectivity index (χ3n) is 4.26. The fourth-order valence-corrected chi connectivity index (χ4v) is 4.18. The molecule has 1 heterocycles. The van der Waals surface area contributed by atoms with Gasteiger partial charge >= 0.3 is 5.97 Å². The molecule has 1 aromatic heterocycles. The molecule has 0 saturated heterocycles. The molecule has 0 aliphatic rings. The Morgan fingerprint density at radius 1 is 1.10 bits per heavy atom. The van der Waals surface area contributed by atoms with Crippen LogP contribution in [0.2, 0.25) is 0 Å². The summed E-state index contributed by atoms with van der Waals surface area (Å²) in [5.41, 5.74) is 0.975. The molecule has 154 valence electrons. The number of nitrogens with one attached hydrogen (secondary N) is 1. The Kier molecular flexibility index (Phi) is 5.69. The summed E-state index contributed by atoms with van der Waals surface area (Å²) in [6.07, 6.45) is 0. The monoisotopic (exact) mass is 419 g/mol. The molecule has 29 heavy (non-hydrogen) atoms. The highest BCUT2D eigenvalue weighted by Gasteiger charge is 2.23. The molecule has 0 bridgehead atoms. The highest BCUT2D eigenvalue weighted by Crippen LogP contribution is 2.32. The van der Waals surface area contributed by atoms with Gasteiger partial charge in [-0.05, 0) is 44.2 Å². The third-order valence-corrected chi connectivity index (χ3v) is 5.66. The van der Waals surface area contributed by atoms with E-state index in [1.54, 1.807) is 32.0 Å². The first kappa shape index (κ1) is 20.5. The summed E-state index contributed by atoms with van der Waals surface area (Å²) >= 11 is 0. The van der Waals surface area contributed by atoms with Crippen LogP contribution >= 0.6 is 0 Å². The molecule has 0 spiro atoms. The van der Waals surface area contributed by atoms with E-state index in [4.69, 9.17) is 18.6 Å². The Morgan fingerprint density at radius 3 is 2.52 bits per heavy atom. The minimum Gasteiger partial charge on any atom is -0.497 e. The van der Waals surface area contributed by atoms with Crippen molar-refractivity contribution in [1.29, 1.82) is 0 Å². The lowest BCUT2D eigenvalue weighted by molar-refractivity contribution is 0.0526. The molecule has 1 N–H and O–H groups in total. The topological polar surface area (TPSA) is 104 Å². The van der Waals surface area contributed by atoms with Crippen molar-refractivity contribution in [3.8, 4) is 11.5 Å². The molecule has 0 aliphatic carbocycles. The van der Waals surface area contributed by atoms with Gasteiger partial charge in [0, 0.05) is 17.1 Å². The Labute approximate surface area is 168 Å². The Balaban J connectivity index is 2.04. The van der Waals surface area contributed by atoms with Crippen LogP contribution in [0.5, 0.6) is 11.5 Å². The molecule has 0 fully saturated rings. The van der Waals surface area contributed by atoms with E-state index >= 15 is 0 Å². The smallest absolute Gasteiger partial charge is 0.342 e. The summed E-state index contributed by atoms with van der Waals surface area (Å²) in [7, 11) is -1.17. The van der Waals surface area contributed by atoms with Crippen molar-refractivity contribution < 1.29 is 31.8 Å². The zero-order valence-corrected chi connectivity index (χ0v) is 17.3. The van der Waals surface area contributed by atoms with Gasteiger partial charge in [0.2, 0.25) is 0 Å². The molecule has 0 radical (unpaired) electrons. The van der Waals surface area contributed by atoms with Gasteiger partial charge in [0.25, 0.3) is 10.0 Å². The number of hydrogen-bond donors (Lipinski definition) is 1. The molecular weight excluding hydrogens is 398 g/mol. The van der Waals surface area contributed by atoms with Gasteiger partial charge in [0.1, 0.15) is 33.3 Å². The molecule has 9 heteroatoms. The normalized spacial score (nSPS) is 11.3. The van der Waals surface area contributed by atoms with E-state index in [9.17, 15) is 13.2 Å². The molecule has 0 amide bonds. The van der Waals surface area contributed by atoms with Crippen molar-refractivity contribution in [3.63, 3.8) is 0 Å².